The Kier molecular flexibility index (Phi) is 3.71. The Labute approximate surface area is 109 Å². The smallest absolute Gasteiger partial charge is 0.385 e. The van der Waals surface area contributed by atoms with Crippen LogP contribution in [0.15, 0.2) is 12.1 Å². The Balaban J connectivity index is 3.31. The van der Waals surface area contributed by atoms with E-state index in [4.69, 9.17) is 11.6 Å². The van der Waals surface area contributed by atoms with E-state index in [9.17, 15) is 18.3 Å². The molecular formula is C12H15ClF3NO. The first kappa shape index (κ1) is 15.2. The number of hydrogen-bond acceptors (Lipinski definition) is 2. The van der Waals surface area contributed by atoms with Crippen LogP contribution in [0, 0.1) is 5.41 Å². The van der Waals surface area contributed by atoms with Crippen molar-refractivity contribution in [2.75, 3.05) is 0 Å². The van der Waals surface area contributed by atoms with E-state index in [2.05, 4.69) is 4.98 Å². The fourth-order valence-electron chi connectivity index (χ4n) is 1.36. The number of alkyl halides is 3. The van der Waals surface area contributed by atoms with E-state index in [1.807, 2.05) is 0 Å². The number of nitrogens with zero attached hydrogens (tertiary/aromatic N) is 1. The molecule has 1 heterocycles. The largest absolute Gasteiger partial charge is 0.433 e. The zero-order valence-electron chi connectivity index (χ0n) is 10.6. The van der Waals surface area contributed by atoms with Crippen LogP contribution in [-0.4, -0.2) is 10.1 Å². The zero-order valence-corrected chi connectivity index (χ0v) is 11.3. The van der Waals surface area contributed by atoms with Crippen molar-refractivity contribution in [3.63, 3.8) is 0 Å². The van der Waals surface area contributed by atoms with Crippen LogP contribution < -0.4 is 0 Å². The minimum Gasteiger partial charge on any atom is -0.385 e. The average molecular weight is 282 g/mol. The van der Waals surface area contributed by atoms with Gasteiger partial charge in [0.15, 0.2) is 0 Å². The summed E-state index contributed by atoms with van der Waals surface area (Å²) in [6.07, 6.45) is -4.55. The fourth-order valence-corrected chi connectivity index (χ4v) is 1.70. The highest BCUT2D eigenvalue weighted by Gasteiger charge is 2.40. The number of rotatable bonds is 1. The van der Waals surface area contributed by atoms with Crippen molar-refractivity contribution in [2.45, 2.75) is 39.5 Å². The minimum atomic E-state index is -4.55. The summed E-state index contributed by atoms with van der Waals surface area (Å²) in [7, 11) is 0. The first-order valence-corrected chi connectivity index (χ1v) is 5.72. The van der Waals surface area contributed by atoms with Crippen LogP contribution in [0.5, 0.6) is 0 Å². The molecule has 18 heavy (non-hydrogen) atoms. The second-order valence-electron chi connectivity index (χ2n) is 5.35. The van der Waals surface area contributed by atoms with E-state index in [0.717, 1.165) is 6.07 Å². The highest BCUT2D eigenvalue weighted by molar-refractivity contribution is 6.30. The molecule has 0 spiro atoms. The van der Waals surface area contributed by atoms with Gasteiger partial charge in [0.25, 0.3) is 0 Å². The van der Waals surface area contributed by atoms with Crippen LogP contribution in [0.1, 0.15) is 39.0 Å². The summed E-state index contributed by atoms with van der Waals surface area (Å²) in [6, 6.07) is 1.99. The van der Waals surface area contributed by atoms with Gasteiger partial charge in [-0.2, -0.15) is 13.2 Å². The van der Waals surface area contributed by atoms with Crippen LogP contribution in [0.2, 0.25) is 5.15 Å². The van der Waals surface area contributed by atoms with Crippen molar-refractivity contribution in [3.05, 3.63) is 28.5 Å². The molecule has 102 valence electrons. The predicted molar refractivity (Wildman–Crippen MR) is 63.3 cm³/mol. The van der Waals surface area contributed by atoms with Gasteiger partial charge < -0.3 is 5.11 Å². The van der Waals surface area contributed by atoms with Crippen molar-refractivity contribution in [3.8, 4) is 0 Å². The topological polar surface area (TPSA) is 33.1 Å². The molecule has 0 bridgehead atoms. The molecule has 1 aromatic heterocycles. The van der Waals surface area contributed by atoms with Gasteiger partial charge in [-0.3, -0.25) is 0 Å². The molecule has 6 heteroatoms. The van der Waals surface area contributed by atoms with Gasteiger partial charge in [0.1, 0.15) is 10.8 Å². The number of halogens is 4. The van der Waals surface area contributed by atoms with Crippen molar-refractivity contribution in [1.29, 1.82) is 0 Å². The Morgan fingerprint density at radius 1 is 1.11 bits per heavy atom. The molecule has 1 rings (SSSR count). The van der Waals surface area contributed by atoms with E-state index < -0.39 is 22.9 Å². The van der Waals surface area contributed by atoms with Gasteiger partial charge in [-0.1, -0.05) is 38.4 Å². The molecule has 0 amide bonds. The lowest BCUT2D eigenvalue weighted by Crippen LogP contribution is -2.37. The molecule has 1 N–H and O–H groups in total. The second-order valence-corrected chi connectivity index (χ2v) is 5.71. The van der Waals surface area contributed by atoms with Gasteiger partial charge in [-0.15, -0.1) is 0 Å². The highest BCUT2D eigenvalue weighted by atomic mass is 35.5. The summed E-state index contributed by atoms with van der Waals surface area (Å²) in [5.74, 6) is 0. The minimum absolute atomic E-state index is 0.185. The van der Waals surface area contributed by atoms with Gasteiger partial charge in [0.2, 0.25) is 0 Å². The first-order chi connectivity index (χ1) is 7.87. The van der Waals surface area contributed by atoms with E-state index in [0.29, 0.717) is 0 Å². The maximum atomic E-state index is 12.4. The molecule has 0 aliphatic carbocycles. The van der Waals surface area contributed by atoms with Crippen molar-refractivity contribution < 1.29 is 18.3 Å². The molecule has 0 saturated carbocycles. The van der Waals surface area contributed by atoms with Crippen molar-refractivity contribution in [1.82, 2.24) is 4.98 Å². The molecule has 0 radical (unpaired) electrons. The standard InChI is InChI=1S/C12H15ClF3NO/c1-10(2,3)11(4,18)7-5-6-8(12(14,15)16)17-9(7)13/h5-6,18H,1-4H3. The van der Waals surface area contributed by atoms with Crippen LogP contribution in [0.4, 0.5) is 13.2 Å². The molecule has 0 aliphatic rings. The summed E-state index contributed by atoms with van der Waals surface area (Å²) >= 11 is 5.75. The molecule has 1 atom stereocenters. The lowest BCUT2D eigenvalue weighted by Gasteiger charge is -2.37. The molecular weight excluding hydrogens is 267 g/mol. The Morgan fingerprint density at radius 2 is 1.61 bits per heavy atom. The Hall–Kier alpha value is -0.810. The Bertz CT molecular complexity index is 450. The SMILES string of the molecule is CC(C)(C)C(C)(O)c1ccc(C(F)(F)F)nc1Cl. The number of pyridine rings is 1. The van der Waals surface area contributed by atoms with Crippen LogP contribution in [0.25, 0.3) is 0 Å². The zero-order chi connectivity index (χ0) is 14.4. The lowest BCUT2D eigenvalue weighted by molar-refractivity contribution is -0.141. The quantitative estimate of drug-likeness (QED) is 0.789. The van der Waals surface area contributed by atoms with Crippen molar-refractivity contribution in [2.24, 2.45) is 5.41 Å². The molecule has 0 saturated heterocycles. The van der Waals surface area contributed by atoms with Gasteiger partial charge in [-0.25, -0.2) is 4.98 Å². The van der Waals surface area contributed by atoms with Gasteiger partial charge in [-0.05, 0) is 18.4 Å². The summed E-state index contributed by atoms with van der Waals surface area (Å²) in [5, 5.41) is 10.1. The summed E-state index contributed by atoms with van der Waals surface area (Å²) in [4.78, 5) is 3.30. The van der Waals surface area contributed by atoms with E-state index in [1.165, 1.54) is 13.0 Å². The first-order valence-electron chi connectivity index (χ1n) is 5.34. The van der Waals surface area contributed by atoms with Gasteiger partial charge >= 0.3 is 6.18 Å². The molecule has 0 aliphatic heterocycles. The second kappa shape index (κ2) is 4.38. The van der Waals surface area contributed by atoms with Crippen molar-refractivity contribution >= 4 is 11.6 Å². The third kappa shape index (κ3) is 2.78. The number of aromatic nitrogens is 1. The van der Waals surface area contributed by atoms with Gasteiger partial charge in [0, 0.05) is 5.56 Å². The van der Waals surface area contributed by atoms with Crippen LogP contribution in [0.3, 0.4) is 0 Å². The van der Waals surface area contributed by atoms with E-state index >= 15 is 0 Å². The monoisotopic (exact) mass is 281 g/mol. The van der Waals surface area contributed by atoms with Gasteiger partial charge in [0.05, 0.1) is 5.60 Å². The summed E-state index contributed by atoms with van der Waals surface area (Å²) < 4.78 is 37.3. The number of aliphatic hydroxyl groups is 1. The summed E-state index contributed by atoms with van der Waals surface area (Å²) in [5.41, 5.74) is -2.84. The fraction of sp³-hybridized carbons (Fsp3) is 0.583. The summed E-state index contributed by atoms with van der Waals surface area (Å²) in [6.45, 7) is 6.80. The average Bonchev–Trinajstić information content (AvgIpc) is 2.13. The lowest BCUT2D eigenvalue weighted by atomic mass is 9.74. The van der Waals surface area contributed by atoms with Crippen LogP contribution >= 0.6 is 11.6 Å². The van der Waals surface area contributed by atoms with E-state index in [-0.39, 0.29) is 10.7 Å². The third-order valence-electron chi connectivity index (χ3n) is 3.12. The van der Waals surface area contributed by atoms with E-state index in [1.54, 1.807) is 20.8 Å². The molecule has 0 aromatic carbocycles. The molecule has 2 nitrogen and oxygen atoms in total. The third-order valence-corrected chi connectivity index (χ3v) is 3.41. The molecule has 1 aromatic rings. The van der Waals surface area contributed by atoms with Crippen LogP contribution in [-0.2, 0) is 11.8 Å². The number of hydrogen-bond donors (Lipinski definition) is 1. The maximum absolute atomic E-state index is 12.4. The maximum Gasteiger partial charge on any atom is 0.433 e. The molecule has 0 fully saturated rings. The predicted octanol–water partition coefficient (Wildman–Crippen LogP) is 4.01. The molecule has 1 unspecified atom stereocenters. The normalized spacial score (nSPS) is 16.5. The highest BCUT2D eigenvalue weighted by Crippen LogP contribution is 2.42. The Morgan fingerprint density at radius 3 is 1.94 bits per heavy atom.